The lowest BCUT2D eigenvalue weighted by molar-refractivity contribution is -0.130. The van der Waals surface area contributed by atoms with E-state index in [2.05, 4.69) is 16.2 Å². The van der Waals surface area contributed by atoms with E-state index < -0.39 is 10.8 Å². The van der Waals surface area contributed by atoms with E-state index in [-0.39, 0.29) is 11.8 Å². The molecular weight excluding hydrogens is 240 g/mol. The Kier molecular flexibility index (Phi) is 3.21. The number of carbonyl (C=O) groups excluding carboxylic acids is 1. The Labute approximate surface area is 113 Å². The molecule has 5 heteroatoms. The highest BCUT2D eigenvalue weighted by atomic mass is 16.1. The lowest BCUT2D eigenvalue weighted by Crippen LogP contribution is -2.34. The molecule has 19 heavy (non-hydrogen) atoms. The third kappa shape index (κ3) is 2.16. The number of Topliss-reactive ketones (excluding diaryl/α,β-unsaturated/α-hetero) is 1. The fraction of sp³-hybridized carbons (Fsp3) is 0.714. The summed E-state index contributed by atoms with van der Waals surface area (Å²) < 4.78 is 1.79. The Morgan fingerprint density at radius 3 is 2.63 bits per heavy atom. The fourth-order valence-electron chi connectivity index (χ4n) is 2.82. The normalized spacial score (nSPS) is 25.8. The molecule has 1 saturated carbocycles. The van der Waals surface area contributed by atoms with E-state index in [9.17, 15) is 10.1 Å². The van der Waals surface area contributed by atoms with Gasteiger partial charge in [-0.3, -0.25) is 4.79 Å². The summed E-state index contributed by atoms with van der Waals surface area (Å²) in [4.78, 5) is 16.7. The maximum absolute atomic E-state index is 12.5. The second-order valence-electron chi connectivity index (χ2n) is 6.30. The fourth-order valence-corrected chi connectivity index (χ4v) is 2.82. The van der Waals surface area contributed by atoms with Crippen LogP contribution in [0.3, 0.4) is 0 Å². The molecule has 0 aliphatic heterocycles. The third-order valence-electron chi connectivity index (χ3n) is 4.04. The van der Waals surface area contributed by atoms with Crippen LogP contribution in [0.1, 0.15) is 52.4 Å². The zero-order valence-corrected chi connectivity index (χ0v) is 12.0. The van der Waals surface area contributed by atoms with Gasteiger partial charge in [-0.2, -0.15) is 10.4 Å². The highest BCUT2D eigenvalue weighted by Crippen LogP contribution is 2.47. The van der Waals surface area contributed by atoms with Gasteiger partial charge in [0.05, 0.1) is 6.07 Å². The molecule has 1 aliphatic carbocycles. The van der Waals surface area contributed by atoms with Gasteiger partial charge >= 0.3 is 0 Å². The minimum Gasteiger partial charge on any atom is -0.297 e. The van der Waals surface area contributed by atoms with Crippen LogP contribution < -0.4 is 0 Å². The van der Waals surface area contributed by atoms with Crippen LogP contribution in [0.2, 0.25) is 0 Å². The number of ketones is 1. The molecule has 1 atom stereocenters. The first kappa shape index (κ1) is 13.7. The van der Waals surface area contributed by atoms with Gasteiger partial charge in [0.15, 0.2) is 5.78 Å². The van der Waals surface area contributed by atoms with Gasteiger partial charge in [0.2, 0.25) is 0 Å². The molecule has 0 N–H and O–H groups in total. The summed E-state index contributed by atoms with van der Waals surface area (Å²) in [6.07, 6.45) is 3.23. The summed E-state index contributed by atoms with van der Waals surface area (Å²) in [5.41, 5.74) is -1.33. The highest BCUT2D eigenvalue weighted by Gasteiger charge is 2.53. The topological polar surface area (TPSA) is 71.6 Å². The van der Waals surface area contributed by atoms with Gasteiger partial charge in [0, 0.05) is 17.9 Å². The molecule has 0 amide bonds. The largest absolute Gasteiger partial charge is 0.297 e. The van der Waals surface area contributed by atoms with Gasteiger partial charge in [-0.25, -0.2) is 9.67 Å². The molecule has 5 nitrogen and oxygen atoms in total. The number of nitriles is 1. The van der Waals surface area contributed by atoms with Gasteiger partial charge in [-0.1, -0.05) is 13.8 Å². The SMILES string of the molecule is CC(C)n1ncnc1CC1(C#N)CCC(C)(C)C1=O. The first-order chi connectivity index (χ1) is 8.82. The molecule has 0 bridgehead atoms. The number of aromatic nitrogens is 3. The molecule has 0 saturated heterocycles. The molecule has 0 radical (unpaired) electrons. The average Bonchev–Trinajstić information content (AvgIpc) is 2.89. The zero-order valence-electron chi connectivity index (χ0n) is 12.0. The Balaban J connectivity index is 2.33. The Morgan fingerprint density at radius 2 is 2.16 bits per heavy atom. The molecule has 0 spiro atoms. The van der Waals surface area contributed by atoms with E-state index in [1.54, 1.807) is 4.68 Å². The third-order valence-corrected chi connectivity index (χ3v) is 4.04. The minimum atomic E-state index is -0.927. The van der Waals surface area contributed by atoms with E-state index in [0.717, 1.165) is 12.2 Å². The summed E-state index contributed by atoms with van der Waals surface area (Å²) in [5.74, 6) is 0.767. The summed E-state index contributed by atoms with van der Waals surface area (Å²) >= 11 is 0. The van der Waals surface area contributed by atoms with Crippen molar-refractivity contribution in [2.75, 3.05) is 0 Å². The second kappa shape index (κ2) is 4.44. The summed E-state index contributed by atoms with van der Waals surface area (Å²) in [7, 11) is 0. The lowest BCUT2D eigenvalue weighted by Gasteiger charge is -2.22. The van der Waals surface area contributed by atoms with Crippen LogP contribution in [0.4, 0.5) is 0 Å². The zero-order chi connectivity index (χ0) is 14.3. The summed E-state index contributed by atoms with van der Waals surface area (Å²) in [6, 6.07) is 2.44. The number of nitrogens with zero attached hydrogens (tertiary/aromatic N) is 4. The first-order valence-corrected chi connectivity index (χ1v) is 6.67. The maximum atomic E-state index is 12.5. The Hall–Kier alpha value is -1.70. The van der Waals surface area contributed by atoms with E-state index in [4.69, 9.17) is 0 Å². The van der Waals surface area contributed by atoms with E-state index in [0.29, 0.717) is 12.8 Å². The van der Waals surface area contributed by atoms with Crippen molar-refractivity contribution < 1.29 is 4.79 Å². The quantitative estimate of drug-likeness (QED) is 0.836. The van der Waals surface area contributed by atoms with Crippen LogP contribution in [-0.4, -0.2) is 20.5 Å². The number of hydrogen-bond donors (Lipinski definition) is 0. The average molecular weight is 260 g/mol. The summed E-state index contributed by atoms with van der Waals surface area (Å²) in [6.45, 7) is 7.86. The molecule has 1 aromatic heterocycles. The van der Waals surface area contributed by atoms with Crippen molar-refractivity contribution in [1.29, 1.82) is 5.26 Å². The van der Waals surface area contributed by atoms with E-state index in [1.807, 2.05) is 27.7 Å². The molecule has 1 fully saturated rings. The van der Waals surface area contributed by atoms with Gasteiger partial charge < -0.3 is 0 Å². The van der Waals surface area contributed by atoms with Crippen molar-refractivity contribution in [2.45, 2.75) is 53.0 Å². The molecule has 1 aliphatic rings. The van der Waals surface area contributed by atoms with Crippen LogP contribution in [0.5, 0.6) is 0 Å². The Bertz CT molecular complexity index is 538. The van der Waals surface area contributed by atoms with Crippen LogP contribution >= 0.6 is 0 Å². The van der Waals surface area contributed by atoms with Crippen molar-refractivity contribution in [3.05, 3.63) is 12.2 Å². The standard InChI is InChI=1S/C14H20N4O/c1-10(2)18-11(16-9-17-18)7-14(8-15)6-5-13(3,4)12(14)19/h9-10H,5-7H2,1-4H3. The van der Waals surface area contributed by atoms with Crippen molar-refractivity contribution in [1.82, 2.24) is 14.8 Å². The van der Waals surface area contributed by atoms with Gasteiger partial charge in [0.25, 0.3) is 0 Å². The number of rotatable bonds is 3. The van der Waals surface area contributed by atoms with Crippen molar-refractivity contribution in [3.8, 4) is 6.07 Å². The molecule has 0 aromatic carbocycles. The van der Waals surface area contributed by atoms with Crippen molar-refractivity contribution in [3.63, 3.8) is 0 Å². The van der Waals surface area contributed by atoms with Gasteiger partial charge in [0.1, 0.15) is 17.6 Å². The monoisotopic (exact) mass is 260 g/mol. The molecule has 102 valence electrons. The van der Waals surface area contributed by atoms with Crippen LogP contribution in [0.15, 0.2) is 6.33 Å². The molecule has 1 aromatic rings. The van der Waals surface area contributed by atoms with Gasteiger partial charge in [-0.05, 0) is 26.7 Å². The summed E-state index contributed by atoms with van der Waals surface area (Å²) in [5, 5.41) is 13.7. The number of carbonyl (C=O) groups is 1. The molecule has 2 rings (SSSR count). The highest BCUT2D eigenvalue weighted by molar-refractivity contribution is 5.94. The van der Waals surface area contributed by atoms with Crippen LogP contribution in [0, 0.1) is 22.2 Å². The van der Waals surface area contributed by atoms with Crippen LogP contribution in [0.25, 0.3) is 0 Å². The van der Waals surface area contributed by atoms with Crippen LogP contribution in [-0.2, 0) is 11.2 Å². The lowest BCUT2D eigenvalue weighted by atomic mass is 9.78. The first-order valence-electron chi connectivity index (χ1n) is 6.67. The second-order valence-corrected chi connectivity index (χ2v) is 6.30. The van der Waals surface area contributed by atoms with Crippen molar-refractivity contribution >= 4 is 5.78 Å². The number of hydrogen-bond acceptors (Lipinski definition) is 4. The predicted octanol–water partition coefficient (Wildman–Crippen LogP) is 2.30. The van der Waals surface area contributed by atoms with E-state index >= 15 is 0 Å². The van der Waals surface area contributed by atoms with Crippen molar-refractivity contribution in [2.24, 2.45) is 10.8 Å². The predicted molar refractivity (Wildman–Crippen MR) is 70.2 cm³/mol. The maximum Gasteiger partial charge on any atom is 0.159 e. The molecule has 1 heterocycles. The molecular formula is C14H20N4O. The minimum absolute atomic E-state index is 0.0424. The van der Waals surface area contributed by atoms with E-state index in [1.165, 1.54) is 6.33 Å². The molecule has 1 unspecified atom stereocenters. The Morgan fingerprint density at radius 1 is 1.47 bits per heavy atom. The van der Waals surface area contributed by atoms with Gasteiger partial charge in [-0.15, -0.1) is 0 Å². The smallest absolute Gasteiger partial charge is 0.159 e.